The Hall–Kier alpha value is -2.22. The zero-order valence-corrected chi connectivity index (χ0v) is 17.4. The largest absolute Gasteiger partial charge is 0.466 e. The van der Waals surface area contributed by atoms with E-state index in [0.29, 0.717) is 50.1 Å². The number of hydrogen-bond acceptors (Lipinski definition) is 5. The number of piperidine rings is 1. The maximum absolute atomic E-state index is 12.4. The van der Waals surface area contributed by atoms with Crippen molar-refractivity contribution >= 4 is 39.6 Å². The van der Waals surface area contributed by atoms with Crippen molar-refractivity contribution in [3.05, 3.63) is 33.8 Å². The molecule has 2 heterocycles. The van der Waals surface area contributed by atoms with Gasteiger partial charge in [0, 0.05) is 30.5 Å². The van der Waals surface area contributed by atoms with E-state index in [0.717, 1.165) is 4.47 Å². The molecule has 0 bridgehead atoms. The van der Waals surface area contributed by atoms with Gasteiger partial charge in [0.2, 0.25) is 5.91 Å². The van der Waals surface area contributed by atoms with Crippen molar-refractivity contribution in [3.8, 4) is 0 Å². The highest BCUT2D eigenvalue weighted by Crippen LogP contribution is 2.26. The summed E-state index contributed by atoms with van der Waals surface area (Å²) >= 11 is 3.31. The van der Waals surface area contributed by atoms with E-state index >= 15 is 0 Å². The minimum atomic E-state index is -0.316. The lowest BCUT2D eigenvalue weighted by atomic mass is 9.96. The smallest absolute Gasteiger partial charge is 0.309 e. The zero-order chi connectivity index (χ0) is 20.3. The molecule has 1 aromatic rings. The number of fused-ring (bicyclic) bond motifs is 1. The summed E-state index contributed by atoms with van der Waals surface area (Å²) in [6.07, 6.45) is 1.90. The first-order chi connectivity index (χ1) is 13.4. The second kappa shape index (κ2) is 8.86. The number of likely N-dealkylation sites (tertiary alicyclic amines) is 1. The van der Waals surface area contributed by atoms with Crippen LogP contribution in [0.25, 0.3) is 0 Å². The predicted octanol–water partition coefficient (Wildman–Crippen LogP) is 2.63. The lowest BCUT2D eigenvalue weighted by Gasteiger charge is -2.31. The van der Waals surface area contributed by atoms with E-state index in [1.807, 2.05) is 0 Å². The number of amides is 3. The molecule has 8 heteroatoms. The summed E-state index contributed by atoms with van der Waals surface area (Å²) in [6.45, 7) is 3.43. The minimum absolute atomic E-state index is 0.0123. The monoisotopic (exact) mass is 450 g/mol. The van der Waals surface area contributed by atoms with E-state index in [1.54, 1.807) is 30.0 Å². The van der Waals surface area contributed by atoms with Crippen LogP contribution in [-0.4, -0.2) is 59.7 Å². The fraction of sp³-hybridized carbons (Fsp3) is 0.500. The van der Waals surface area contributed by atoms with Crippen LogP contribution < -0.4 is 0 Å². The molecule has 0 saturated carbocycles. The predicted molar refractivity (Wildman–Crippen MR) is 105 cm³/mol. The Morgan fingerprint density at radius 1 is 1.14 bits per heavy atom. The van der Waals surface area contributed by atoms with Gasteiger partial charge in [-0.15, -0.1) is 0 Å². The van der Waals surface area contributed by atoms with Crippen LogP contribution in [0.4, 0.5) is 0 Å². The molecule has 1 saturated heterocycles. The molecular weight excluding hydrogens is 428 g/mol. The van der Waals surface area contributed by atoms with Crippen molar-refractivity contribution in [2.24, 2.45) is 5.92 Å². The van der Waals surface area contributed by atoms with E-state index < -0.39 is 0 Å². The van der Waals surface area contributed by atoms with E-state index in [2.05, 4.69) is 15.9 Å². The van der Waals surface area contributed by atoms with Crippen LogP contribution in [0.1, 0.15) is 53.3 Å². The number of halogens is 1. The van der Waals surface area contributed by atoms with Gasteiger partial charge in [0.15, 0.2) is 0 Å². The second-order valence-corrected chi connectivity index (χ2v) is 7.88. The minimum Gasteiger partial charge on any atom is -0.466 e. The number of carbonyl (C=O) groups excluding carboxylic acids is 4. The van der Waals surface area contributed by atoms with Crippen molar-refractivity contribution in [3.63, 3.8) is 0 Å². The zero-order valence-electron chi connectivity index (χ0n) is 15.8. The van der Waals surface area contributed by atoms with Crippen LogP contribution >= 0.6 is 15.9 Å². The molecule has 150 valence electrons. The van der Waals surface area contributed by atoms with E-state index in [4.69, 9.17) is 4.74 Å². The molecule has 2 aliphatic heterocycles. The van der Waals surface area contributed by atoms with Gasteiger partial charge in [0.1, 0.15) is 0 Å². The molecule has 3 amide bonds. The molecule has 0 atom stereocenters. The lowest BCUT2D eigenvalue weighted by molar-refractivity contribution is -0.151. The van der Waals surface area contributed by atoms with Crippen molar-refractivity contribution in [1.29, 1.82) is 0 Å². The normalized spacial score (nSPS) is 17.1. The van der Waals surface area contributed by atoms with Crippen LogP contribution in [0.2, 0.25) is 0 Å². The van der Waals surface area contributed by atoms with Crippen molar-refractivity contribution in [2.45, 2.75) is 32.6 Å². The molecule has 0 aromatic heterocycles. The second-order valence-electron chi connectivity index (χ2n) is 6.96. The van der Waals surface area contributed by atoms with Gasteiger partial charge in [-0.05, 0) is 44.4 Å². The Labute approximate surface area is 172 Å². The number of imide groups is 1. The van der Waals surface area contributed by atoms with Crippen LogP contribution in [0.15, 0.2) is 22.7 Å². The summed E-state index contributed by atoms with van der Waals surface area (Å²) in [5, 5.41) is 0. The van der Waals surface area contributed by atoms with E-state index in [1.165, 1.54) is 4.90 Å². The van der Waals surface area contributed by atoms with Crippen LogP contribution in [-0.2, 0) is 14.3 Å². The molecule has 7 nitrogen and oxygen atoms in total. The van der Waals surface area contributed by atoms with Crippen molar-refractivity contribution < 1.29 is 23.9 Å². The molecule has 3 rings (SSSR count). The van der Waals surface area contributed by atoms with Crippen LogP contribution in [0.3, 0.4) is 0 Å². The van der Waals surface area contributed by atoms with Crippen LogP contribution in [0, 0.1) is 5.92 Å². The summed E-state index contributed by atoms with van der Waals surface area (Å²) in [5.41, 5.74) is 0.798. The molecular formula is C20H23BrN2O5. The molecule has 0 unspecified atom stereocenters. The lowest BCUT2D eigenvalue weighted by Crippen LogP contribution is -2.41. The fourth-order valence-corrected chi connectivity index (χ4v) is 4.00. The Balaban J connectivity index is 1.46. The topological polar surface area (TPSA) is 84.0 Å². The molecule has 0 N–H and O–H groups in total. The summed E-state index contributed by atoms with van der Waals surface area (Å²) in [6, 6.07) is 5.02. The SMILES string of the molecule is CCOC(=O)C1CCN(C(=O)CCCN2C(=O)c3ccc(Br)cc3C2=O)CC1. The van der Waals surface area contributed by atoms with Gasteiger partial charge < -0.3 is 9.64 Å². The molecule has 2 aliphatic rings. The molecule has 28 heavy (non-hydrogen) atoms. The standard InChI is InChI=1S/C20H23BrN2O5/c1-2-28-20(27)13-7-10-22(11-8-13)17(24)4-3-9-23-18(25)15-6-5-14(21)12-16(15)19(23)26/h5-6,12-13H,2-4,7-11H2,1H3. The van der Waals surface area contributed by atoms with Gasteiger partial charge in [-0.1, -0.05) is 15.9 Å². The summed E-state index contributed by atoms with van der Waals surface area (Å²) in [5.74, 6) is -0.964. The molecule has 1 fully saturated rings. The van der Waals surface area contributed by atoms with Gasteiger partial charge in [0.05, 0.1) is 23.7 Å². The molecule has 0 radical (unpaired) electrons. The van der Waals surface area contributed by atoms with Crippen molar-refractivity contribution in [2.75, 3.05) is 26.2 Å². The maximum atomic E-state index is 12.4. The third kappa shape index (κ3) is 4.27. The van der Waals surface area contributed by atoms with Gasteiger partial charge in [0.25, 0.3) is 11.8 Å². The number of carbonyl (C=O) groups is 4. The average Bonchev–Trinajstić information content (AvgIpc) is 2.92. The maximum Gasteiger partial charge on any atom is 0.309 e. The summed E-state index contributed by atoms with van der Waals surface area (Å²) in [4.78, 5) is 52.0. The number of ether oxygens (including phenoxy) is 1. The van der Waals surface area contributed by atoms with Gasteiger partial charge >= 0.3 is 5.97 Å². The fourth-order valence-electron chi connectivity index (χ4n) is 3.64. The molecule has 0 aliphatic carbocycles. The van der Waals surface area contributed by atoms with Crippen LogP contribution in [0.5, 0.6) is 0 Å². The van der Waals surface area contributed by atoms with Gasteiger partial charge in [-0.25, -0.2) is 0 Å². The number of hydrogen-bond donors (Lipinski definition) is 0. The third-order valence-corrected chi connectivity index (χ3v) is 5.67. The van der Waals surface area contributed by atoms with E-state index in [9.17, 15) is 19.2 Å². The molecule has 1 aromatic carbocycles. The van der Waals surface area contributed by atoms with Crippen molar-refractivity contribution in [1.82, 2.24) is 9.80 Å². The van der Waals surface area contributed by atoms with Gasteiger partial charge in [-0.2, -0.15) is 0 Å². The van der Waals surface area contributed by atoms with Gasteiger partial charge in [-0.3, -0.25) is 24.1 Å². The Morgan fingerprint density at radius 3 is 2.50 bits per heavy atom. The highest BCUT2D eigenvalue weighted by atomic mass is 79.9. The number of rotatable bonds is 6. The number of nitrogens with zero attached hydrogens (tertiary/aromatic N) is 2. The summed E-state index contributed by atoms with van der Waals surface area (Å²) < 4.78 is 5.78. The molecule has 0 spiro atoms. The highest BCUT2D eigenvalue weighted by Gasteiger charge is 2.35. The highest BCUT2D eigenvalue weighted by molar-refractivity contribution is 9.10. The first kappa shape index (κ1) is 20.5. The quantitative estimate of drug-likeness (QED) is 0.491. The van der Waals surface area contributed by atoms with E-state index in [-0.39, 0.29) is 42.6 Å². The average molecular weight is 451 g/mol. The Bertz CT molecular complexity index is 802. The summed E-state index contributed by atoms with van der Waals surface area (Å²) in [7, 11) is 0. The first-order valence-corrected chi connectivity index (χ1v) is 10.3. The third-order valence-electron chi connectivity index (χ3n) is 5.17. The first-order valence-electron chi connectivity index (χ1n) is 9.52. The number of esters is 1. The number of benzene rings is 1. The Morgan fingerprint density at radius 2 is 1.82 bits per heavy atom. The Kier molecular flexibility index (Phi) is 6.49.